The lowest BCUT2D eigenvalue weighted by Crippen LogP contribution is -2.46. The van der Waals surface area contributed by atoms with E-state index in [4.69, 9.17) is 0 Å². The lowest BCUT2D eigenvalue weighted by Gasteiger charge is -2.32. The van der Waals surface area contributed by atoms with Gasteiger partial charge in [-0.2, -0.15) is 5.10 Å². The molecule has 7 nitrogen and oxygen atoms in total. The van der Waals surface area contributed by atoms with Crippen molar-refractivity contribution in [3.05, 3.63) is 16.3 Å². The number of hydrogen-bond acceptors (Lipinski definition) is 5. The summed E-state index contributed by atoms with van der Waals surface area (Å²) in [7, 11) is 2.15. The zero-order valence-corrected chi connectivity index (χ0v) is 11.5. The summed E-state index contributed by atoms with van der Waals surface area (Å²) in [6.45, 7) is 8.30. The van der Waals surface area contributed by atoms with Gasteiger partial charge in [0.15, 0.2) is 0 Å². The van der Waals surface area contributed by atoms with Crippen molar-refractivity contribution in [2.75, 3.05) is 46.3 Å². The van der Waals surface area contributed by atoms with Crippen molar-refractivity contribution in [2.45, 2.75) is 19.6 Å². The van der Waals surface area contributed by atoms with Crippen molar-refractivity contribution in [3.63, 3.8) is 0 Å². The zero-order valence-electron chi connectivity index (χ0n) is 11.5. The molecule has 0 aromatic carbocycles. The van der Waals surface area contributed by atoms with Gasteiger partial charge in [-0.15, -0.1) is 0 Å². The minimum atomic E-state index is 0.0469. The molecule has 0 bridgehead atoms. The van der Waals surface area contributed by atoms with Crippen molar-refractivity contribution in [2.24, 2.45) is 0 Å². The molecule has 0 aliphatic carbocycles. The number of likely N-dealkylation sites (N-methyl/N-ethyl adjacent to an activating group) is 1. The third kappa shape index (κ3) is 2.72. The molecule has 1 aromatic heterocycles. The predicted molar refractivity (Wildman–Crippen MR) is 72.1 cm³/mol. The molecule has 0 spiro atoms. The van der Waals surface area contributed by atoms with Crippen LogP contribution in [0.15, 0.2) is 4.79 Å². The highest BCUT2D eigenvalue weighted by Gasteiger charge is 2.18. The highest BCUT2D eigenvalue weighted by atomic mass is 16.2. The number of rotatable bonds is 3. The maximum absolute atomic E-state index is 12.1. The van der Waals surface area contributed by atoms with E-state index in [1.165, 1.54) is 0 Å². The first-order valence-electron chi connectivity index (χ1n) is 7.02. The number of nitrogens with one attached hydrogen (secondary N) is 1. The summed E-state index contributed by atoms with van der Waals surface area (Å²) in [5, 5.41) is 7.66. The number of aromatic nitrogens is 3. The Morgan fingerprint density at radius 2 is 1.95 bits per heavy atom. The van der Waals surface area contributed by atoms with Crippen molar-refractivity contribution >= 4 is 0 Å². The van der Waals surface area contributed by atoms with E-state index in [9.17, 15) is 4.79 Å². The Bertz CT molecular complexity index is 485. The van der Waals surface area contributed by atoms with E-state index in [2.05, 4.69) is 27.3 Å². The number of fused-ring (bicyclic) bond motifs is 1. The summed E-state index contributed by atoms with van der Waals surface area (Å²) in [6.07, 6.45) is 0. The van der Waals surface area contributed by atoms with E-state index in [0.29, 0.717) is 13.1 Å². The molecule has 0 saturated carbocycles. The fourth-order valence-electron chi connectivity index (χ4n) is 2.69. The summed E-state index contributed by atoms with van der Waals surface area (Å²) in [5.74, 6) is 0.870. The molecule has 2 aliphatic rings. The maximum atomic E-state index is 12.1. The Labute approximate surface area is 112 Å². The Morgan fingerprint density at radius 1 is 1.16 bits per heavy atom. The van der Waals surface area contributed by atoms with Crippen LogP contribution in [0.3, 0.4) is 0 Å². The number of piperazine rings is 1. The highest BCUT2D eigenvalue weighted by molar-refractivity contribution is 4.90. The Balaban J connectivity index is 1.61. The van der Waals surface area contributed by atoms with Crippen LogP contribution in [0.25, 0.3) is 0 Å². The van der Waals surface area contributed by atoms with Gasteiger partial charge in [0.05, 0.1) is 13.1 Å². The van der Waals surface area contributed by atoms with Gasteiger partial charge in [-0.1, -0.05) is 0 Å². The second-order valence-corrected chi connectivity index (χ2v) is 5.40. The van der Waals surface area contributed by atoms with Crippen LogP contribution < -0.4 is 11.0 Å². The summed E-state index contributed by atoms with van der Waals surface area (Å²) >= 11 is 0. The molecule has 0 atom stereocenters. The largest absolute Gasteiger partial charge is 0.346 e. The van der Waals surface area contributed by atoms with Crippen molar-refractivity contribution in [3.8, 4) is 0 Å². The fraction of sp³-hybridized carbons (Fsp3) is 0.833. The standard InChI is InChI=1S/C12H22N6O/c1-15-4-6-16(7-5-15)8-9-18-12(19)17-3-2-13-10-11(17)14-18/h13H,2-10H2,1H3. The molecule has 3 heterocycles. The molecule has 106 valence electrons. The second kappa shape index (κ2) is 5.44. The lowest BCUT2D eigenvalue weighted by atomic mass is 10.3. The average molecular weight is 266 g/mol. The molecule has 0 unspecified atom stereocenters. The van der Waals surface area contributed by atoms with E-state index in [1.54, 1.807) is 9.25 Å². The molecule has 1 N–H and O–H groups in total. The van der Waals surface area contributed by atoms with Gasteiger partial charge in [-0.3, -0.25) is 9.47 Å². The number of nitrogens with zero attached hydrogens (tertiary/aromatic N) is 5. The Morgan fingerprint density at radius 3 is 2.68 bits per heavy atom. The van der Waals surface area contributed by atoms with Crippen LogP contribution in [0.2, 0.25) is 0 Å². The molecule has 0 amide bonds. The fourth-order valence-corrected chi connectivity index (χ4v) is 2.69. The highest BCUT2D eigenvalue weighted by Crippen LogP contribution is 2.01. The third-order valence-electron chi connectivity index (χ3n) is 4.02. The van der Waals surface area contributed by atoms with Crippen LogP contribution in [0.5, 0.6) is 0 Å². The second-order valence-electron chi connectivity index (χ2n) is 5.40. The van der Waals surface area contributed by atoms with E-state index in [0.717, 1.165) is 51.6 Å². The van der Waals surface area contributed by atoms with E-state index >= 15 is 0 Å². The number of hydrogen-bond donors (Lipinski definition) is 1. The Hall–Kier alpha value is -1.18. The molecule has 3 rings (SSSR count). The summed E-state index contributed by atoms with van der Waals surface area (Å²) in [5.41, 5.74) is 0.0469. The van der Waals surface area contributed by atoms with Crippen molar-refractivity contribution in [1.29, 1.82) is 0 Å². The normalized spacial score (nSPS) is 21.5. The van der Waals surface area contributed by atoms with E-state index in [1.807, 2.05) is 0 Å². The van der Waals surface area contributed by atoms with Gasteiger partial charge in [0.2, 0.25) is 0 Å². The first-order chi connectivity index (χ1) is 9.24. The summed E-state index contributed by atoms with van der Waals surface area (Å²) < 4.78 is 3.42. The summed E-state index contributed by atoms with van der Waals surface area (Å²) in [4.78, 5) is 16.9. The van der Waals surface area contributed by atoms with Crippen molar-refractivity contribution in [1.82, 2.24) is 29.5 Å². The molecule has 2 aliphatic heterocycles. The predicted octanol–water partition coefficient (Wildman–Crippen LogP) is -1.60. The van der Waals surface area contributed by atoms with Crippen LogP contribution in [0.4, 0.5) is 0 Å². The minimum Gasteiger partial charge on any atom is -0.308 e. The van der Waals surface area contributed by atoms with Gasteiger partial charge in [0.25, 0.3) is 0 Å². The van der Waals surface area contributed by atoms with Crippen LogP contribution in [-0.2, 0) is 19.6 Å². The van der Waals surface area contributed by atoms with Gasteiger partial charge in [-0.25, -0.2) is 9.48 Å². The van der Waals surface area contributed by atoms with E-state index < -0.39 is 0 Å². The van der Waals surface area contributed by atoms with Gasteiger partial charge in [-0.05, 0) is 7.05 Å². The zero-order chi connectivity index (χ0) is 13.2. The topological polar surface area (TPSA) is 58.3 Å². The van der Waals surface area contributed by atoms with Gasteiger partial charge < -0.3 is 10.2 Å². The maximum Gasteiger partial charge on any atom is 0.346 e. The molecule has 0 radical (unpaired) electrons. The van der Waals surface area contributed by atoms with Gasteiger partial charge >= 0.3 is 5.69 Å². The van der Waals surface area contributed by atoms with Gasteiger partial charge in [0, 0.05) is 45.8 Å². The van der Waals surface area contributed by atoms with E-state index in [-0.39, 0.29) is 5.69 Å². The van der Waals surface area contributed by atoms with Crippen LogP contribution in [0, 0.1) is 0 Å². The average Bonchev–Trinajstić information content (AvgIpc) is 2.76. The molecule has 1 aromatic rings. The summed E-state index contributed by atoms with van der Waals surface area (Å²) in [6, 6.07) is 0. The molecule has 7 heteroatoms. The lowest BCUT2D eigenvalue weighted by molar-refractivity contribution is 0.148. The molecular formula is C12H22N6O. The van der Waals surface area contributed by atoms with Crippen LogP contribution in [0.1, 0.15) is 5.82 Å². The smallest absolute Gasteiger partial charge is 0.308 e. The first-order valence-corrected chi connectivity index (χ1v) is 7.02. The molecular weight excluding hydrogens is 244 g/mol. The monoisotopic (exact) mass is 266 g/mol. The SMILES string of the molecule is CN1CCN(CCn2nc3n(c2=O)CCNC3)CC1. The van der Waals surface area contributed by atoms with Crippen LogP contribution >= 0.6 is 0 Å². The van der Waals surface area contributed by atoms with Crippen LogP contribution in [-0.4, -0.2) is 70.5 Å². The molecule has 1 saturated heterocycles. The minimum absolute atomic E-state index is 0.0469. The van der Waals surface area contributed by atoms with Gasteiger partial charge in [0.1, 0.15) is 5.82 Å². The Kier molecular flexibility index (Phi) is 3.67. The molecule has 19 heavy (non-hydrogen) atoms. The third-order valence-corrected chi connectivity index (χ3v) is 4.02. The van der Waals surface area contributed by atoms with Crippen molar-refractivity contribution < 1.29 is 0 Å². The first kappa shape index (κ1) is 12.8. The quantitative estimate of drug-likeness (QED) is 0.714. The molecule has 1 fully saturated rings.